The lowest BCUT2D eigenvalue weighted by molar-refractivity contribution is 0.779. The van der Waals surface area contributed by atoms with Crippen LogP contribution in [-0.2, 0) is 13.5 Å². The Morgan fingerprint density at radius 3 is 2.94 bits per heavy atom. The molecule has 1 unspecified atom stereocenters. The molecule has 2 aromatic rings. The average Bonchev–Trinajstić information content (AvgIpc) is 2.82. The van der Waals surface area contributed by atoms with Crippen molar-refractivity contribution >= 4 is 17.6 Å². The SMILES string of the molecule is CC1Cc2cccc(-c3cnn(C)c3N)c2S1. The van der Waals surface area contributed by atoms with Gasteiger partial charge in [-0.05, 0) is 12.0 Å². The normalized spacial score (nSPS) is 18.4. The maximum Gasteiger partial charge on any atom is 0.129 e. The summed E-state index contributed by atoms with van der Waals surface area (Å²) in [5, 5.41) is 4.88. The third-order valence-corrected chi connectivity index (χ3v) is 4.48. The molecule has 1 atom stereocenters. The van der Waals surface area contributed by atoms with E-state index in [-0.39, 0.29) is 0 Å². The first kappa shape index (κ1) is 10.7. The zero-order chi connectivity index (χ0) is 12.0. The Morgan fingerprint density at radius 1 is 1.41 bits per heavy atom. The summed E-state index contributed by atoms with van der Waals surface area (Å²) in [6.45, 7) is 2.26. The highest BCUT2D eigenvalue weighted by atomic mass is 32.2. The molecule has 1 aliphatic heterocycles. The third kappa shape index (κ3) is 1.63. The Bertz CT molecular complexity index is 574. The summed E-state index contributed by atoms with van der Waals surface area (Å²) < 4.78 is 1.72. The number of fused-ring (bicyclic) bond motifs is 1. The van der Waals surface area contributed by atoms with Crippen LogP contribution in [0.5, 0.6) is 0 Å². The van der Waals surface area contributed by atoms with Gasteiger partial charge < -0.3 is 5.73 Å². The predicted molar refractivity (Wildman–Crippen MR) is 72.1 cm³/mol. The zero-order valence-electron chi connectivity index (χ0n) is 9.97. The van der Waals surface area contributed by atoms with E-state index in [0.29, 0.717) is 5.25 Å². The van der Waals surface area contributed by atoms with E-state index in [9.17, 15) is 0 Å². The van der Waals surface area contributed by atoms with Crippen molar-refractivity contribution in [3.05, 3.63) is 30.0 Å². The van der Waals surface area contributed by atoms with E-state index in [1.165, 1.54) is 16.0 Å². The summed E-state index contributed by atoms with van der Waals surface area (Å²) in [7, 11) is 1.87. The fourth-order valence-corrected chi connectivity index (χ4v) is 3.58. The van der Waals surface area contributed by atoms with Crippen molar-refractivity contribution in [1.29, 1.82) is 0 Å². The van der Waals surface area contributed by atoms with Gasteiger partial charge in [-0.25, -0.2) is 0 Å². The van der Waals surface area contributed by atoms with Crippen LogP contribution in [0.3, 0.4) is 0 Å². The van der Waals surface area contributed by atoms with Crippen LogP contribution in [0.4, 0.5) is 5.82 Å². The van der Waals surface area contributed by atoms with Crippen LogP contribution in [0.1, 0.15) is 12.5 Å². The summed E-state index contributed by atoms with van der Waals surface area (Å²) >= 11 is 1.94. The maximum atomic E-state index is 6.05. The van der Waals surface area contributed by atoms with Gasteiger partial charge in [0.2, 0.25) is 0 Å². The number of nitrogens with zero attached hydrogens (tertiary/aromatic N) is 2. The van der Waals surface area contributed by atoms with Gasteiger partial charge >= 0.3 is 0 Å². The lowest BCUT2D eigenvalue weighted by Gasteiger charge is -2.07. The molecule has 0 fully saturated rings. The van der Waals surface area contributed by atoms with Gasteiger partial charge in [0.25, 0.3) is 0 Å². The summed E-state index contributed by atoms with van der Waals surface area (Å²) in [5.74, 6) is 0.735. The molecule has 3 rings (SSSR count). The number of aryl methyl sites for hydroxylation is 1. The first-order chi connectivity index (χ1) is 8.16. The molecular formula is C13H15N3S. The largest absolute Gasteiger partial charge is 0.383 e. The fraction of sp³-hybridized carbons (Fsp3) is 0.308. The van der Waals surface area contributed by atoms with Gasteiger partial charge in [0.15, 0.2) is 0 Å². The topological polar surface area (TPSA) is 43.8 Å². The molecule has 0 aliphatic carbocycles. The molecule has 1 aromatic carbocycles. The molecule has 4 heteroatoms. The van der Waals surface area contributed by atoms with Crippen LogP contribution in [0.15, 0.2) is 29.3 Å². The summed E-state index contributed by atoms with van der Waals surface area (Å²) in [6.07, 6.45) is 3.00. The number of thioether (sulfide) groups is 1. The molecule has 0 saturated carbocycles. The predicted octanol–water partition coefficient (Wildman–Crippen LogP) is 2.71. The molecule has 0 amide bonds. The Balaban J connectivity index is 2.17. The Kier molecular flexibility index (Phi) is 2.40. The molecule has 0 spiro atoms. The van der Waals surface area contributed by atoms with Gasteiger partial charge in [-0.15, -0.1) is 11.8 Å². The second-order valence-electron chi connectivity index (χ2n) is 4.49. The smallest absolute Gasteiger partial charge is 0.129 e. The van der Waals surface area contributed by atoms with Crippen LogP contribution >= 0.6 is 11.8 Å². The van der Waals surface area contributed by atoms with Gasteiger partial charge in [0.05, 0.1) is 6.20 Å². The Labute approximate surface area is 105 Å². The van der Waals surface area contributed by atoms with E-state index in [2.05, 4.69) is 30.2 Å². The number of nitrogen functional groups attached to an aromatic ring is 1. The van der Waals surface area contributed by atoms with Gasteiger partial charge in [-0.3, -0.25) is 4.68 Å². The van der Waals surface area contributed by atoms with Crippen LogP contribution in [-0.4, -0.2) is 15.0 Å². The standard InChI is InChI=1S/C13H15N3S/c1-8-6-9-4-3-5-10(12(9)17-8)11-7-15-16(2)13(11)14/h3-5,7-8H,6,14H2,1-2H3. The van der Waals surface area contributed by atoms with Crippen molar-refractivity contribution in [3.8, 4) is 11.1 Å². The quantitative estimate of drug-likeness (QED) is 0.840. The van der Waals surface area contributed by atoms with Gasteiger partial charge in [-0.1, -0.05) is 25.1 Å². The summed E-state index contributed by atoms with van der Waals surface area (Å²) in [5.41, 5.74) is 9.76. The minimum Gasteiger partial charge on any atom is -0.383 e. The average molecular weight is 245 g/mol. The zero-order valence-corrected chi connectivity index (χ0v) is 10.8. The highest BCUT2D eigenvalue weighted by molar-refractivity contribution is 8.00. The molecule has 0 bridgehead atoms. The maximum absolute atomic E-state index is 6.05. The van der Waals surface area contributed by atoms with Crippen molar-refractivity contribution in [3.63, 3.8) is 0 Å². The lowest BCUT2D eigenvalue weighted by Crippen LogP contribution is -1.98. The van der Waals surface area contributed by atoms with Crippen LogP contribution < -0.4 is 5.73 Å². The van der Waals surface area contributed by atoms with Crippen molar-refractivity contribution in [2.75, 3.05) is 5.73 Å². The van der Waals surface area contributed by atoms with E-state index in [4.69, 9.17) is 5.73 Å². The van der Waals surface area contributed by atoms with E-state index in [1.807, 2.05) is 25.0 Å². The summed E-state index contributed by atoms with van der Waals surface area (Å²) in [6, 6.07) is 6.46. The van der Waals surface area contributed by atoms with Crippen molar-refractivity contribution < 1.29 is 0 Å². The molecule has 1 aliphatic rings. The minimum atomic E-state index is 0.657. The number of hydrogen-bond donors (Lipinski definition) is 1. The minimum absolute atomic E-state index is 0.657. The van der Waals surface area contributed by atoms with Crippen molar-refractivity contribution in [1.82, 2.24) is 9.78 Å². The third-order valence-electron chi connectivity index (χ3n) is 3.20. The van der Waals surface area contributed by atoms with Crippen LogP contribution in [0.25, 0.3) is 11.1 Å². The molecule has 0 radical (unpaired) electrons. The Morgan fingerprint density at radius 2 is 2.24 bits per heavy atom. The second-order valence-corrected chi connectivity index (χ2v) is 5.94. The molecule has 2 heterocycles. The van der Waals surface area contributed by atoms with Crippen LogP contribution in [0.2, 0.25) is 0 Å². The number of benzene rings is 1. The number of hydrogen-bond acceptors (Lipinski definition) is 3. The number of rotatable bonds is 1. The number of aromatic nitrogens is 2. The summed E-state index contributed by atoms with van der Waals surface area (Å²) in [4.78, 5) is 1.37. The second kappa shape index (κ2) is 3.81. The molecule has 88 valence electrons. The molecule has 17 heavy (non-hydrogen) atoms. The van der Waals surface area contributed by atoms with Gasteiger partial charge in [-0.2, -0.15) is 5.10 Å². The van der Waals surface area contributed by atoms with Crippen molar-refractivity contribution in [2.45, 2.75) is 23.5 Å². The van der Waals surface area contributed by atoms with Gasteiger partial charge in [0.1, 0.15) is 5.82 Å². The fourth-order valence-electron chi connectivity index (χ4n) is 2.30. The molecule has 1 aromatic heterocycles. The van der Waals surface area contributed by atoms with E-state index in [0.717, 1.165) is 17.8 Å². The molecule has 2 N–H and O–H groups in total. The van der Waals surface area contributed by atoms with E-state index >= 15 is 0 Å². The molecule has 3 nitrogen and oxygen atoms in total. The lowest BCUT2D eigenvalue weighted by atomic mass is 10.0. The molecular weight excluding hydrogens is 230 g/mol. The Hall–Kier alpha value is -1.42. The van der Waals surface area contributed by atoms with E-state index < -0.39 is 0 Å². The highest BCUT2D eigenvalue weighted by Gasteiger charge is 2.23. The first-order valence-electron chi connectivity index (χ1n) is 5.73. The molecule has 0 saturated heterocycles. The van der Waals surface area contributed by atoms with Gasteiger partial charge in [0, 0.05) is 28.3 Å². The van der Waals surface area contributed by atoms with Crippen LogP contribution in [0, 0.1) is 0 Å². The monoisotopic (exact) mass is 245 g/mol. The number of anilines is 1. The van der Waals surface area contributed by atoms with E-state index in [1.54, 1.807) is 4.68 Å². The number of nitrogens with two attached hydrogens (primary N) is 1. The van der Waals surface area contributed by atoms with Crippen molar-refractivity contribution in [2.24, 2.45) is 7.05 Å². The first-order valence-corrected chi connectivity index (χ1v) is 6.61. The highest BCUT2D eigenvalue weighted by Crippen LogP contribution is 2.44.